The van der Waals surface area contributed by atoms with Crippen LogP contribution in [0, 0.1) is 0 Å². The summed E-state index contributed by atoms with van der Waals surface area (Å²) < 4.78 is 0. The van der Waals surface area contributed by atoms with Crippen molar-refractivity contribution in [3.8, 4) is 0 Å². The standard InChI is InChI=1S/C25H32N4O4/c1-16(2)26-24(32)18-10-5-7-12-20(18)28-22(30)14-9-15-23(31)29-21-13-8-6-11-19(21)25(33)27-17(3)4/h5-8,10-13,16-17H,9,14-15H2,1-4H3,(H,26,32)(H,27,33)(H,28,30)(H,29,31). The lowest BCUT2D eigenvalue weighted by molar-refractivity contribution is -0.117. The van der Waals surface area contributed by atoms with Gasteiger partial charge in [-0.3, -0.25) is 19.2 Å². The van der Waals surface area contributed by atoms with Crippen LogP contribution in [0.25, 0.3) is 0 Å². The molecule has 2 rings (SSSR count). The smallest absolute Gasteiger partial charge is 0.253 e. The highest BCUT2D eigenvalue weighted by atomic mass is 16.2. The van der Waals surface area contributed by atoms with Gasteiger partial charge in [-0.05, 0) is 58.4 Å². The van der Waals surface area contributed by atoms with Crippen LogP contribution in [0.1, 0.15) is 67.7 Å². The molecule has 8 nitrogen and oxygen atoms in total. The maximum Gasteiger partial charge on any atom is 0.253 e. The highest BCUT2D eigenvalue weighted by Gasteiger charge is 2.16. The molecule has 0 aliphatic rings. The second-order valence-corrected chi connectivity index (χ2v) is 8.30. The average molecular weight is 453 g/mol. The van der Waals surface area contributed by atoms with Gasteiger partial charge in [-0.2, -0.15) is 0 Å². The summed E-state index contributed by atoms with van der Waals surface area (Å²) in [6.07, 6.45) is 0.546. The zero-order valence-electron chi connectivity index (χ0n) is 19.5. The topological polar surface area (TPSA) is 116 Å². The van der Waals surface area contributed by atoms with Crippen molar-refractivity contribution in [3.05, 3.63) is 59.7 Å². The van der Waals surface area contributed by atoms with E-state index in [4.69, 9.17) is 0 Å². The molecule has 0 unspecified atom stereocenters. The number of nitrogens with one attached hydrogen (secondary N) is 4. The summed E-state index contributed by atoms with van der Waals surface area (Å²) >= 11 is 0. The van der Waals surface area contributed by atoms with Crippen LogP contribution in [0.4, 0.5) is 11.4 Å². The number of carbonyl (C=O) groups is 4. The number of carbonyl (C=O) groups excluding carboxylic acids is 4. The van der Waals surface area contributed by atoms with Gasteiger partial charge in [0.25, 0.3) is 11.8 Å². The average Bonchev–Trinajstić information content (AvgIpc) is 2.73. The Morgan fingerprint density at radius 1 is 0.636 bits per heavy atom. The van der Waals surface area contributed by atoms with Crippen LogP contribution in [0.15, 0.2) is 48.5 Å². The Kier molecular flexibility index (Phi) is 9.60. The van der Waals surface area contributed by atoms with Crippen molar-refractivity contribution in [2.75, 3.05) is 10.6 Å². The molecule has 0 aromatic heterocycles. The molecule has 4 amide bonds. The Balaban J connectivity index is 1.88. The zero-order valence-corrected chi connectivity index (χ0v) is 19.5. The molecule has 0 spiro atoms. The van der Waals surface area contributed by atoms with Gasteiger partial charge in [0.2, 0.25) is 11.8 Å². The number of hydrogen-bond acceptors (Lipinski definition) is 4. The highest BCUT2D eigenvalue weighted by molar-refractivity contribution is 6.05. The molecular formula is C25H32N4O4. The summed E-state index contributed by atoms with van der Waals surface area (Å²) in [6, 6.07) is 13.5. The Labute approximate surface area is 194 Å². The molecule has 0 aliphatic carbocycles. The van der Waals surface area contributed by atoms with Crippen molar-refractivity contribution in [1.29, 1.82) is 0 Å². The summed E-state index contributed by atoms with van der Waals surface area (Å²) in [7, 11) is 0. The van der Waals surface area contributed by atoms with E-state index in [0.717, 1.165) is 0 Å². The molecule has 0 atom stereocenters. The Morgan fingerprint density at radius 2 is 1.00 bits per heavy atom. The Morgan fingerprint density at radius 3 is 1.36 bits per heavy atom. The van der Waals surface area contributed by atoms with Crippen molar-refractivity contribution < 1.29 is 19.2 Å². The molecule has 2 aromatic rings. The third-order valence-corrected chi connectivity index (χ3v) is 4.54. The first-order valence-corrected chi connectivity index (χ1v) is 11.1. The van der Waals surface area contributed by atoms with E-state index in [1.54, 1.807) is 48.5 Å². The quantitative estimate of drug-likeness (QED) is 0.440. The summed E-state index contributed by atoms with van der Waals surface area (Å²) in [5, 5.41) is 11.1. The number of anilines is 2. The number of hydrogen-bond donors (Lipinski definition) is 4. The number of rotatable bonds is 10. The fraction of sp³-hybridized carbons (Fsp3) is 0.360. The molecule has 2 aromatic carbocycles. The van der Waals surface area contributed by atoms with Gasteiger partial charge in [-0.1, -0.05) is 24.3 Å². The first-order chi connectivity index (χ1) is 15.7. The van der Waals surface area contributed by atoms with Gasteiger partial charge in [-0.15, -0.1) is 0 Å². The molecule has 0 aliphatic heterocycles. The van der Waals surface area contributed by atoms with Crippen LogP contribution in [0.3, 0.4) is 0 Å². The third-order valence-electron chi connectivity index (χ3n) is 4.54. The van der Waals surface area contributed by atoms with Crippen LogP contribution in [-0.4, -0.2) is 35.7 Å². The van der Waals surface area contributed by atoms with Crippen molar-refractivity contribution in [3.63, 3.8) is 0 Å². The van der Waals surface area contributed by atoms with Crippen molar-refractivity contribution in [2.24, 2.45) is 0 Å². The van der Waals surface area contributed by atoms with Crippen LogP contribution in [-0.2, 0) is 9.59 Å². The highest BCUT2D eigenvalue weighted by Crippen LogP contribution is 2.17. The Hall–Kier alpha value is -3.68. The minimum Gasteiger partial charge on any atom is -0.350 e. The van der Waals surface area contributed by atoms with Gasteiger partial charge in [0.15, 0.2) is 0 Å². The van der Waals surface area contributed by atoms with Crippen LogP contribution in [0.5, 0.6) is 0 Å². The number of benzene rings is 2. The fourth-order valence-corrected chi connectivity index (χ4v) is 3.10. The maximum atomic E-state index is 12.4. The van der Waals surface area contributed by atoms with E-state index in [1.165, 1.54) is 0 Å². The van der Waals surface area contributed by atoms with E-state index in [1.807, 2.05) is 27.7 Å². The molecule has 0 radical (unpaired) electrons. The largest absolute Gasteiger partial charge is 0.350 e. The summed E-state index contributed by atoms with van der Waals surface area (Å²) in [5.41, 5.74) is 1.62. The minimum absolute atomic E-state index is 0.0265. The molecule has 176 valence electrons. The first-order valence-electron chi connectivity index (χ1n) is 11.1. The molecule has 0 saturated carbocycles. The van der Waals surface area contributed by atoms with E-state index >= 15 is 0 Å². The predicted molar refractivity (Wildman–Crippen MR) is 129 cm³/mol. The lowest BCUT2D eigenvalue weighted by atomic mass is 10.1. The summed E-state index contributed by atoms with van der Waals surface area (Å²) in [4.78, 5) is 49.4. The second kappa shape index (κ2) is 12.4. The van der Waals surface area contributed by atoms with E-state index in [0.29, 0.717) is 28.9 Å². The lowest BCUT2D eigenvalue weighted by Gasteiger charge is -2.14. The first kappa shape index (κ1) is 25.6. The van der Waals surface area contributed by atoms with E-state index < -0.39 is 0 Å². The van der Waals surface area contributed by atoms with Gasteiger partial charge < -0.3 is 21.3 Å². The molecule has 0 bridgehead atoms. The van der Waals surface area contributed by atoms with Gasteiger partial charge in [0, 0.05) is 24.9 Å². The van der Waals surface area contributed by atoms with Gasteiger partial charge in [0.1, 0.15) is 0 Å². The predicted octanol–water partition coefficient (Wildman–Crippen LogP) is 3.71. The van der Waals surface area contributed by atoms with E-state index in [-0.39, 0.29) is 48.6 Å². The molecule has 8 heteroatoms. The zero-order chi connectivity index (χ0) is 24.4. The van der Waals surface area contributed by atoms with E-state index in [2.05, 4.69) is 21.3 Å². The maximum absolute atomic E-state index is 12.4. The molecule has 33 heavy (non-hydrogen) atoms. The molecule has 0 fully saturated rings. The Bertz CT molecular complexity index is 922. The molecule has 0 heterocycles. The molecule has 0 saturated heterocycles. The van der Waals surface area contributed by atoms with Crippen LogP contribution < -0.4 is 21.3 Å². The molecular weight excluding hydrogens is 420 g/mol. The minimum atomic E-state index is -0.288. The third kappa shape index (κ3) is 8.40. The van der Waals surface area contributed by atoms with Crippen LogP contribution >= 0.6 is 0 Å². The number of para-hydroxylation sites is 2. The normalized spacial score (nSPS) is 10.6. The van der Waals surface area contributed by atoms with E-state index in [9.17, 15) is 19.2 Å². The SMILES string of the molecule is CC(C)NC(=O)c1ccccc1NC(=O)CCCC(=O)Nc1ccccc1C(=O)NC(C)C. The summed E-state index contributed by atoms with van der Waals surface area (Å²) in [6.45, 7) is 7.44. The second-order valence-electron chi connectivity index (χ2n) is 8.30. The number of amides is 4. The van der Waals surface area contributed by atoms with Gasteiger partial charge >= 0.3 is 0 Å². The van der Waals surface area contributed by atoms with Crippen molar-refractivity contribution in [1.82, 2.24) is 10.6 Å². The van der Waals surface area contributed by atoms with Crippen LogP contribution in [0.2, 0.25) is 0 Å². The lowest BCUT2D eigenvalue weighted by Crippen LogP contribution is -2.31. The fourth-order valence-electron chi connectivity index (χ4n) is 3.10. The monoisotopic (exact) mass is 452 g/mol. The molecule has 4 N–H and O–H groups in total. The van der Waals surface area contributed by atoms with Gasteiger partial charge in [-0.25, -0.2) is 0 Å². The van der Waals surface area contributed by atoms with Crippen molar-refractivity contribution in [2.45, 2.75) is 59.0 Å². The van der Waals surface area contributed by atoms with Gasteiger partial charge in [0.05, 0.1) is 22.5 Å². The van der Waals surface area contributed by atoms with Crippen molar-refractivity contribution >= 4 is 35.0 Å². The summed E-state index contributed by atoms with van der Waals surface area (Å²) in [5.74, 6) is -1.10.